The molecular weight excluding hydrogens is 260 g/mol. The summed E-state index contributed by atoms with van der Waals surface area (Å²) in [4.78, 5) is 0. The van der Waals surface area contributed by atoms with Crippen LogP contribution in [0.1, 0.15) is 18.1 Å². The lowest BCUT2D eigenvalue weighted by Gasteiger charge is -2.09. The van der Waals surface area contributed by atoms with Crippen molar-refractivity contribution in [2.24, 2.45) is 0 Å². The molecule has 0 amide bonds. The molecule has 2 aromatic rings. The summed E-state index contributed by atoms with van der Waals surface area (Å²) in [5.74, 6) is -0.588. The van der Waals surface area contributed by atoms with E-state index in [0.717, 1.165) is 18.7 Å². The Labute approximate surface area is 117 Å². The van der Waals surface area contributed by atoms with E-state index in [0.29, 0.717) is 5.75 Å². The van der Waals surface area contributed by atoms with E-state index in [9.17, 15) is 8.78 Å². The molecule has 0 aliphatic carbocycles. The molecule has 0 radical (unpaired) electrons. The molecule has 1 N–H and O–H groups in total. The molecule has 20 heavy (non-hydrogen) atoms. The van der Waals surface area contributed by atoms with E-state index in [1.807, 2.05) is 19.1 Å². The number of ether oxygens (including phenoxy) is 1. The lowest BCUT2D eigenvalue weighted by Crippen LogP contribution is -2.11. The molecule has 0 aliphatic rings. The van der Waals surface area contributed by atoms with Gasteiger partial charge in [0.2, 0.25) is 0 Å². The van der Waals surface area contributed by atoms with Crippen molar-refractivity contribution in [3.8, 4) is 5.75 Å². The Kier molecular flexibility index (Phi) is 5.07. The van der Waals surface area contributed by atoms with Gasteiger partial charge in [-0.25, -0.2) is 8.78 Å². The fourth-order valence-electron chi connectivity index (χ4n) is 1.80. The Morgan fingerprint density at radius 2 is 1.65 bits per heavy atom. The SMILES string of the molecule is CCNCc1ccc(OCc2c(F)cccc2F)cc1. The summed E-state index contributed by atoms with van der Waals surface area (Å²) in [5, 5.41) is 3.22. The van der Waals surface area contributed by atoms with E-state index in [4.69, 9.17) is 4.74 Å². The third-order valence-electron chi connectivity index (χ3n) is 2.95. The van der Waals surface area contributed by atoms with E-state index < -0.39 is 11.6 Å². The molecule has 2 rings (SSSR count). The zero-order valence-electron chi connectivity index (χ0n) is 11.3. The summed E-state index contributed by atoms with van der Waals surface area (Å²) in [5.41, 5.74) is 1.08. The largest absolute Gasteiger partial charge is 0.489 e. The standard InChI is InChI=1S/C16H17F2NO/c1-2-19-10-12-6-8-13(9-7-12)20-11-14-15(17)4-3-5-16(14)18/h3-9,19H,2,10-11H2,1H3. The molecule has 0 aliphatic heterocycles. The van der Waals surface area contributed by atoms with Crippen molar-refractivity contribution in [2.75, 3.05) is 6.54 Å². The number of hydrogen-bond acceptors (Lipinski definition) is 2. The van der Waals surface area contributed by atoms with E-state index in [2.05, 4.69) is 5.32 Å². The van der Waals surface area contributed by atoms with Gasteiger partial charge in [-0.05, 0) is 36.4 Å². The van der Waals surface area contributed by atoms with Crippen molar-refractivity contribution < 1.29 is 13.5 Å². The molecule has 4 heteroatoms. The second kappa shape index (κ2) is 7.01. The van der Waals surface area contributed by atoms with Crippen LogP contribution in [-0.4, -0.2) is 6.54 Å². The van der Waals surface area contributed by atoms with Gasteiger partial charge >= 0.3 is 0 Å². The van der Waals surface area contributed by atoms with Gasteiger partial charge in [-0.3, -0.25) is 0 Å². The van der Waals surface area contributed by atoms with Crippen molar-refractivity contribution in [1.29, 1.82) is 0 Å². The van der Waals surface area contributed by atoms with Gasteiger partial charge in [0.15, 0.2) is 0 Å². The van der Waals surface area contributed by atoms with Crippen molar-refractivity contribution in [3.63, 3.8) is 0 Å². The Balaban J connectivity index is 1.97. The number of halogens is 2. The first-order valence-corrected chi connectivity index (χ1v) is 6.56. The summed E-state index contributed by atoms with van der Waals surface area (Å²) < 4.78 is 32.3. The van der Waals surface area contributed by atoms with Gasteiger partial charge in [-0.2, -0.15) is 0 Å². The van der Waals surface area contributed by atoms with Crippen LogP contribution in [-0.2, 0) is 13.2 Å². The minimum Gasteiger partial charge on any atom is -0.489 e. The van der Waals surface area contributed by atoms with Gasteiger partial charge < -0.3 is 10.1 Å². The van der Waals surface area contributed by atoms with Crippen molar-refractivity contribution in [1.82, 2.24) is 5.32 Å². The highest BCUT2D eigenvalue weighted by Gasteiger charge is 2.08. The summed E-state index contributed by atoms with van der Waals surface area (Å²) in [6.45, 7) is 3.62. The van der Waals surface area contributed by atoms with Crippen LogP contribution in [0, 0.1) is 11.6 Å². The van der Waals surface area contributed by atoms with Crippen LogP contribution in [0.5, 0.6) is 5.75 Å². The van der Waals surface area contributed by atoms with Crippen molar-refractivity contribution >= 4 is 0 Å². The third-order valence-corrected chi connectivity index (χ3v) is 2.95. The number of hydrogen-bond donors (Lipinski definition) is 1. The van der Waals surface area contributed by atoms with Crippen LogP contribution in [0.2, 0.25) is 0 Å². The average molecular weight is 277 g/mol. The average Bonchev–Trinajstić information content (AvgIpc) is 2.46. The van der Waals surface area contributed by atoms with Crippen LogP contribution < -0.4 is 10.1 Å². The minimum absolute atomic E-state index is 0.0516. The molecule has 2 aromatic carbocycles. The van der Waals surface area contributed by atoms with E-state index in [1.165, 1.54) is 18.2 Å². The minimum atomic E-state index is -0.589. The summed E-state index contributed by atoms with van der Waals surface area (Å²) in [7, 11) is 0. The topological polar surface area (TPSA) is 21.3 Å². The number of nitrogens with one attached hydrogen (secondary N) is 1. The molecule has 0 saturated heterocycles. The first-order chi connectivity index (χ1) is 9.70. The van der Waals surface area contributed by atoms with Gasteiger partial charge in [-0.15, -0.1) is 0 Å². The molecule has 106 valence electrons. The predicted molar refractivity (Wildman–Crippen MR) is 74.5 cm³/mol. The highest BCUT2D eigenvalue weighted by atomic mass is 19.1. The van der Waals surface area contributed by atoms with Gasteiger partial charge in [0.05, 0.1) is 5.56 Å². The fraction of sp³-hybridized carbons (Fsp3) is 0.250. The highest BCUT2D eigenvalue weighted by molar-refractivity contribution is 5.28. The molecular formula is C16H17F2NO. The molecule has 0 unspecified atom stereocenters. The molecule has 0 atom stereocenters. The molecule has 0 heterocycles. The van der Waals surface area contributed by atoms with Crippen molar-refractivity contribution in [3.05, 3.63) is 65.2 Å². The third kappa shape index (κ3) is 3.78. The normalized spacial score (nSPS) is 10.6. The Bertz CT molecular complexity index is 535. The zero-order chi connectivity index (χ0) is 14.4. The summed E-state index contributed by atoms with van der Waals surface area (Å²) in [6.07, 6.45) is 0. The van der Waals surface area contributed by atoms with E-state index in [-0.39, 0.29) is 12.2 Å². The smallest absolute Gasteiger partial charge is 0.132 e. The summed E-state index contributed by atoms with van der Waals surface area (Å²) in [6, 6.07) is 11.2. The Hall–Kier alpha value is -1.94. The molecule has 2 nitrogen and oxygen atoms in total. The van der Waals surface area contributed by atoms with Crippen LogP contribution in [0.4, 0.5) is 8.78 Å². The maximum atomic E-state index is 13.4. The second-order valence-electron chi connectivity index (χ2n) is 4.41. The summed E-state index contributed by atoms with van der Waals surface area (Å²) >= 11 is 0. The first kappa shape index (κ1) is 14.5. The Morgan fingerprint density at radius 3 is 2.25 bits per heavy atom. The molecule has 0 fully saturated rings. The maximum Gasteiger partial charge on any atom is 0.132 e. The van der Waals surface area contributed by atoms with E-state index in [1.54, 1.807) is 12.1 Å². The second-order valence-corrected chi connectivity index (χ2v) is 4.41. The highest BCUT2D eigenvalue weighted by Crippen LogP contribution is 2.17. The first-order valence-electron chi connectivity index (χ1n) is 6.56. The van der Waals surface area contributed by atoms with Gasteiger partial charge in [0, 0.05) is 6.54 Å². The maximum absolute atomic E-state index is 13.4. The molecule has 0 aromatic heterocycles. The van der Waals surface area contributed by atoms with Gasteiger partial charge in [-0.1, -0.05) is 25.1 Å². The van der Waals surface area contributed by atoms with Gasteiger partial charge in [0.1, 0.15) is 24.0 Å². The van der Waals surface area contributed by atoms with E-state index >= 15 is 0 Å². The quantitative estimate of drug-likeness (QED) is 0.870. The molecule has 0 spiro atoms. The molecule has 0 bridgehead atoms. The van der Waals surface area contributed by atoms with Crippen molar-refractivity contribution in [2.45, 2.75) is 20.1 Å². The van der Waals surface area contributed by atoms with Crippen LogP contribution in [0.15, 0.2) is 42.5 Å². The lowest BCUT2D eigenvalue weighted by atomic mass is 10.2. The number of benzene rings is 2. The Morgan fingerprint density at radius 1 is 1.00 bits per heavy atom. The number of rotatable bonds is 6. The molecule has 0 saturated carbocycles. The monoisotopic (exact) mass is 277 g/mol. The fourth-order valence-corrected chi connectivity index (χ4v) is 1.80. The van der Waals surface area contributed by atoms with Crippen LogP contribution >= 0.6 is 0 Å². The zero-order valence-corrected chi connectivity index (χ0v) is 11.3. The van der Waals surface area contributed by atoms with Crippen LogP contribution in [0.25, 0.3) is 0 Å². The van der Waals surface area contributed by atoms with Gasteiger partial charge in [0.25, 0.3) is 0 Å². The van der Waals surface area contributed by atoms with Crippen LogP contribution in [0.3, 0.4) is 0 Å². The lowest BCUT2D eigenvalue weighted by molar-refractivity contribution is 0.292. The predicted octanol–water partition coefficient (Wildman–Crippen LogP) is 3.65.